The number of nitrogens with one attached hydrogen (secondary N) is 1. The molecule has 3 fully saturated rings. The van der Waals surface area contributed by atoms with Crippen molar-refractivity contribution in [2.24, 2.45) is 16.3 Å². The number of sulfone groups is 1. The Morgan fingerprint density at radius 2 is 2.05 bits per heavy atom. The van der Waals surface area contributed by atoms with E-state index in [0.717, 1.165) is 32.0 Å². The monoisotopic (exact) mass is 441 g/mol. The lowest BCUT2D eigenvalue weighted by Gasteiger charge is -2.26. The van der Waals surface area contributed by atoms with E-state index in [2.05, 4.69) is 15.2 Å². The summed E-state index contributed by atoms with van der Waals surface area (Å²) in [6.45, 7) is 2.94. The molecule has 128 valence electrons. The Bertz CT molecular complexity index is 515. The van der Waals surface area contributed by atoms with Crippen molar-refractivity contribution < 1.29 is 8.42 Å². The molecule has 2 heterocycles. The summed E-state index contributed by atoms with van der Waals surface area (Å²) in [5, 5.41) is 3.41. The first-order valence-electron chi connectivity index (χ1n) is 8.18. The number of nitrogens with zero attached hydrogens (tertiary/aromatic N) is 2. The first kappa shape index (κ1) is 18.3. The van der Waals surface area contributed by atoms with Crippen molar-refractivity contribution in [3.8, 4) is 0 Å². The summed E-state index contributed by atoms with van der Waals surface area (Å²) in [7, 11) is -0.954. The third-order valence-corrected chi connectivity index (χ3v) is 7.33. The van der Waals surface area contributed by atoms with E-state index in [1.54, 1.807) is 0 Å². The third kappa shape index (κ3) is 4.07. The SMILES string of the molecule is CN=C(NCC1CCS(=O)(=O)C1)N1CCC2(CCCC2)C1.I. The zero-order chi connectivity index (χ0) is 14.9. The van der Waals surface area contributed by atoms with E-state index < -0.39 is 9.84 Å². The summed E-state index contributed by atoms with van der Waals surface area (Å²) >= 11 is 0. The molecule has 1 aliphatic carbocycles. The van der Waals surface area contributed by atoms with E-state index in [-0.39, 0.29) is 29.9 Å². The van der Waals surface area contributed by atoms with Crippen LogP contribution in [-0.2, 0) is 9.84 Å². The van der Waals surface area contributed by atoms with Crippen LogP contribution in [0.25, 0.3) is 0 Å². The lowest BCUT2D eigenvalue weighted by atomic mass is 9.86. The molecule has 0 aromatic rings. The number of guanidine groups is 1. The van der Waals surface area contributed by atoms with Crippen LogP contribution in [0, 0.1) is 11.3 Å². The van der Waals surface area contributed by atoms with E-state index in [1.165, 1.54) is 32.1 Å². The number of halogens is 1. The predicted octanol–water partition coefficient (Wildman–Crippen LogP) is 1.88. The van der Waals surface area contributed by atoms with Gasteiger partial charge in [-0.2, -0.15) is 0 Å². The Balaban J connectivity index is 0.00000176. The Morgan fingerprint density at radius 1 is 1.32 bits per heavy atom. The second kappa shape index (κ2) is 7.23. The number of aliphatic imine (C=N–C) groups is 1. The average molecular weight is 441 g/mol. The Morgan fingerprint density at radius 3 is 2.64 bits per heavy atom. The van der Waals surface area contributed by atoms with Crippen LogP contribution in [0.5, 0.6) is 0 Å². The molecule has 0 aromatic carbocycles. The van der Waals surface area contributed by atoms with Crippen molar-refractivity contribution in [3.63, 3.8) is 0 Å². The molecule has 1 atom stereocenters. The van der Waals surface area contributed by atoms with Crippen LogP contribution in [0.3, 0.4) is 0 Å². The Hall–Kier alpha value is -0.0500. The first-order chi connectivity index (χ1) is 10.0. The molecule has 1 saturated carbocycles. The van der Waals surface area contributed by atoms with Crippen LogP contribution in [-0.4, -0.2) is 57.5 Å². The fourth-order valence-electron chi connectivity index (χ4n) is 4.25. The molecule has 3 rings (SSSR count). The fourth-order valence-corrected chi connectivity index (χ4v) is 6.11. The van der Waals surface area contributed by atoms with Gasteiger partial charge in [0, 0.05) is 26.7 Å². The summed E-state index contributed by atoms with van der Waals surface area (Å²) in [5.74, 6) is 1.89. The average Bonchev–Trinajstić information content (AvgIpc) is 3.14. The molecule has 5 nitrogen and oxygen atoms in total. The molecule has 0 amide bonds. The van der Waals surface area contributed by atoms with Crippen LogP contribution in [0.15, 0.2) is 4.99 Å². The Labute approximate surface area is 151 Å². The van der Waals surface area contributed by atoms with Gasteiger partial charge in [0.05, 0.1) is 11.5 Å². The molecule has 2 aliphatic heterocycles. The second-order valence-electron chi connectivity index (χ2n) is 7.08. The largest absolute Gasteiger partial charge is 0.356 e. The van der Waals surface area contributed by atoms with E-state index in [1.807, 2.05) is 7.05 Å². The van der Waals surface area contributed by atoms with Gasteiger partial charge in [0.15, 0.2) is 15.8 Å². The highest BCUT2D eigenvalue weighted by molar-refractivity contribution is 14.0. The molecule has 22 heavy (non-hydrogen) atoms. The molecule has 0 bridgehead atoms. The summed E-state index contributed by atoms with van der Waals surface area (Å²) in [6.07, 6.45) is 7.55. The van der Waals surface area contributed by atoms with Crippen molar-refractivity contribution in [1.82, 2.24) is 10.2 Å². The van der Waals surface area contributed by atoms with E-state index in [0.29, 0.717) is 16.9 Å². The van der Waals surface area contributed by atoms with Crippen molar-refractivity contribution in [2.75, 3.05) is 38.2 Å². The van der Waals surface area contributed by atoms with Crippen molar-refractivity contribution in [1.29, 1.82) is 0 Å². The van der Waals surface area contributed by atoms with E-state index >= 15 is 0 Å². The maximum atomic E-state index is 11.5. The van der Waals surface area contributed by atoms with E-state index in [4.69, 9.17) is 0 Å². The zero-order valence-electron chi connectivity index (χ0n) is 13.4. The number of likely N-dealkylation sites (tertiary alicyclic amines) is 1. The van der Waals surface area contributed by atoms with Gasteiger partial charge < -0.3 is 10.2 Å². The highest BCUT2D eigenvalue weighted by Crippen LogP contribution is 2.45. The standard InChI is InChI=1S/C15H27N3O2S.HI/c1-16-14(17-10-13-4-9-21(19,20)11-13)18-8-7-15(12-18)5-2-3-6-15;/h13H,2-12H2,1H3,(H,16,17);1H. The molecule has 7 heteroatoms. The van der Waals surface area contributed by atoms with Gasteiger partial charge in [0.25, 0.3) is 0 Å². The molecule has 1 unspecified atom stereocenters. The summed E-state index contributed by atoms with van der Waals surface area (Å²) < 4.78 is 23.0. The smallest absolute Gasteiger partial charge is 0.193 e. The van der Waals surface area contributed by atoms with Crippen LogP contribution >= 0.6 is 24.0 Å². The fraction of sp³-hybridized carbons (Fsp3) is 0.933. The van der Waals surface area contributed by atoms with Gasteiger partial charge in [-0.25, -0.2) is 8.42 Å². The number of hydrogen-bond acceptors (Lipinski definition) is 3. The lowest BCUT2D eigenvalue weighted by molar-refractivity contribution is 0.309. The van der Waals surface area contributed by atoms with Gasteiger partial charge in [0.1, 0.15) is 0 Å². The van der Waals surface area contributed by atoms with Crippen molar-refractivity contribution >= 4 is 39.8 Å². The molecular formula is C15H28IN3O2S. The highest BCUT2D eigenvalue weighted by Gasteiger charge is 2.41. The van der Waals surface area contributed by atoms with Gasteiger partial charge in [-0.05, 0) is 37.0 Å². The molecule has 1 spiro atoms. The minimum absolute atomic E-state index is 0. The van der Waals surface area contributed by atoms with Crippen LogP contribution in [0.4, 0.5) is 0 Å². The maximum Gasteiger partial charge on any atom is 0.193 e. The summed E-state index contributed by atoms with van der Waals surface area (Å²) in [6, 6.07) is 0. The summed E-state index contributed by atoms with van der Waals surface area (Å²) in [4.78, 5) is 6.77. The van der Waals surface area contributed by atoms with Crippen molar-refractivity contribution in [2.45, 2.75) is 38.5 Å². The molecule has 0 aromatic heterocycles. The van der Waals surface area contributed by atoms with Gasteiger partial charge in [0.2, 0.25) is 0 Å². The normalized spacial score (nSPS) is 29.8. The second-order valence-corrected chi connectivity index (χ2v) is 9.30. The predicted molar refractivity (Wildman–Crippen MR) is 101 cm³/mol. The van der Waals surface area contributed by atoms with Crippen LogP contribution in [0.2, 0.25) is 0 Å². The topological polar surface area (TPSA) is 61.8 Å². The molecular weight excluding hydrogens is 413 g/mol. The number of hydrogen-bond donors (Lipinski definition) is 1. The minimum Gasteiger partial charge on any atom is -0.356 e. The van der Waals surface area contributed by atoms with Crippen LogP contribution < -0.4 is 5.32 Å². The van der Waals surface area contributed by atoms with Gasteiger partial charge in [-0.1, -0.05) is 12.8 Å². The Kier molecular flexibility index (Phi) is 6.01. The molecule has 2 saturated heterocycles. The van der Waals surface area contributed by atoms with Gasteiger partial charge in [-0.3, -0.25) is 4.99 Å². The quantitative estimate of drug-likeness (QED) is 0.404. The van der Waals surface area contributed by atoms with Crippen LogP contribution in [0.1, 0.15) is 38.5 Å². The number of rotatable bonds is 2. The maximum absolute atomic E-state index is 11.5. The minimum atomic E-state index is -2.78. The highest BCUT2D eigenvalue weighted by atomic mass is 127. The molecule has 0 radical (unpaired) electrons. The van der Waals surface area contributed by atoms with Gasteiger partial charge >= 0.3 is 0 Å². The first-order valence-corrected chi connectivity index (χ1v) is 10.0. The lowest BCUT2D eigenvalue weighted by Crippen LogP contribution is -2.43. The van der Waals surface area contributed by atoms with E-state index in [9.17, 15) is 8.42 Å². The zero-order valence-corrected chi connectivity index (χ0v) is 16.5. The van der Waals surface area contributed by atoms with Crippen molar-refractivity contribution in [3.05, 3.63) is 0 Å². The third-order valence-electron chi connectivity index (χ3n) is 5.49. The summed E-state index contributed by atoms with van der Waals surface area (Å²) in [5.41, 5.74) is 0.536. The molecule has 3 aliphatic rings. The van der Waals surface area contributed by atoms with Gasteiger partial charge in [-0.15, -0.1) is 24.0 Å². The molecule has 1 N–H and O–H groups in total.